The van der Waals surface area contributed by atoms with Crippen LogP contribution >= 0.6 is 23.1 Å². The van der Waals surface area contributed by atoms with Crippen LogP contribution in [0.15, 0.2) is 33.9 Å². The first-order chi connectivity index (χ1) is 12.4. The molecular weight excluding hydrogens is 378 g/mol. The minimum Gasteiger partial charge on any atom is -0.410 e. The number of nitrogens with one attached hydrogen (secondary N) is 1. The molecule has 0 spiro atoms. The zero-order valence-electron chi connectivity index (χ0n) is 13.8. The number of hydrogen-bond donors (Lipinski definition) is 1. The lowest BCUT2D eigenvalue weighted by Crippen LogP contribution is -2.15. The van der Waals surface area contributed by atoms with Crippen LogP contribution in [0.1, 0.15) is 10.7 Å². The van der Waals surface area contributed by atoms with Gasteiger partial charge in [0.05, 0.1) is 21.4 Å². The molecule has 0 bridgehead atoms. The maximum Gasteiger partial charge on any atom is 0.292 e. The topological polar surface area (TPSA) is 124 Å². The molecule has 2 aromatic heterocycles. The van der Waals surface area contributed by atoms with E-state index >= 15 is 0 Å². The van der Waals surface area contributed by atoms with Crippen LogP contribution in [0.5, 0.6) is 0 Å². The third-order valence-corrected chi connectivity index (χ3v) is 5.09. The summed E-state index contributed by atoms with van der Waals surface area (Å²) in [6.45, 7) is 3.75. The zero-order valence-corrected chi connectivity index (χ0v) is 15.4. The van der Waals surface area contributed by atoms with E-state index in [4.69, 9.17) is 4.42 Å². The van der Waals surface area contributed by atoms with Crippen LogP contribution in [-0.2, 0) is 4.79 Å². The van der Waals surface area contributed by atoms with Gasteiger partial charge in [0.25, 0.3) is 16.8 Å². The van der Waals surface area contributed by atoms with Crippen molar-refractivity contribution in [2.45, 2.75) is 19.1 Å². The Hall–Kier alpha value is -2.79. The van der Waals surface area contributed by atoms with Crippen LogP contribution in [0.4, 0.5) is 11.4 Å². The van der Waals surface area contributed by atoms with Crippen LogP contribution in [0.2, 0.25) is 0 Å². The number of carbonyl (C=O) groups is 1. The van der Waals surface area contributed by atoms with Crippen molar-refractivity contribution in [2.24, 2.45) is 0 Å². The second kappa shape index (κ2) is 7.62. The number of thiazole rings is 1. The summed E-state index contributed by atoms with van der Waals surface area (Å²) in [7, 11) is 0. The molecule has 1 N–H and O–H groups in total. The fraction of sp³-hybridized carbons (Fsp3) is 0.200. The SMILES string of the molecule is Cc1nc(C)c(-c2nnc(SCC(=O)Nc3ccccc3[N+](=O)[O-])o2)s1. The van der Waals surface area contributed by atoms with E-state index < -0.39 is 10.8 Å². The Morgan fingerprint density at radius 1 is 1.35 bits per heavy atom. The standard InChI is InChI=1S/C15H13N5O4S2/c1-8-13(26-9(2)16-8)14-18-19-15(24-14)25-7-12(21)17-10-5-3-4-6-11(10)20(22)23/h3-6H,7H2,1-2H3,(H,17,21). The van der Waals surface area contributed by atoms with Crippen LogP contribution in [0, 0.1) is 24.0 Å². The second-order valence-electron chi connectivity index (χ2n) is 5.13. The Balaban J connectivity index is 1.62. The van der Waals surface area contributed by atoms with E-state index in [2.05, 4.69) is 20.5 Å². The quantitative estimate of drug-likeness (QED) is 0.385. The first kappa shape index (κ1) is 18.0. The number of rotatable bonds is 6. The highest BCUT2D eigenvalue weighted by Gasteiger charge is 2.18. The molecule has 2 heterocycles. The molecule has 0 saturated carbocycles. The van der Waals surface area contributed by atoms with Gasteiger partial charge in [0.15, 0.2) is 0 Å². The summed E-state index contributed by atoms with van der Waals surface area (Å²) in [6.07, 6.45) is 0. The van der Waals surface area contributed by atoms with Gasteiger partial charge < -0.3 is 9.73 Å². The molecule has 1 amide bonds. The van der Waals surface area contributed by atoms with Gasteiger partial charge in [0.1, 0.15) is 10.6 Å². The molecule has 0 aliphatic carbocycles. The lowest BCUT2D eigenvalue weighted by Gasteiger charge is -2.04. The van der Waals surface area contributed by atoms with Crippen LogP contribution in [-0.4, -0.2) is 31.8 Å². The summed E-state index contributed by atoms with van der Waals surface area (Å²) in [5.74, 6) is -0.0717. The van der Waals surface area contributed by atoms with Gasteiger partial charge in [-0.15, -0.1) is 21.5 Å². The highest BCUT2D eigenvalue weighted by atomic mass is 32.2. The predicted octanol–water partition coefficient (Wildman–Crippen LogP) is 3.45. The minimum absolute atomic E-state index is 0.0195. The number of nitro groups is 1. The van der Waals surface area contributed by atoms with Gasteiger partial charge in [0, 0.05) is 6.07 Å². The molecule has 0 unspecified atom stereocenters. The molecule has 0 saturated heterocycles. The number of benzene rings is 1. The van der Waals surface area contributed by atoms with Crippen molar-refractivity contribution < 1.29 is 14.1 Å². The third-order valence-electron chi connectivity index (χ3n) is 3.21. The molecule has 3 rings (SSSR count). The zero-order chi connectivity index (χ0) is 18.7. The van der Waals surface area contributed by atoms with E-state index in [0.29, 0.717) is 5.89 Å². The molecule has 26 heavy (non-hydrogen) atoms. The molecule has 0 atom stereocenters. The first-order valence-corrected chi connectivity index (χ1v) is 9.18. The maximum atomic E-state index is 12.0. The fourth-order valence-corrected chi connectivity index (χ4v) is 3.55. The first-order valence-electron chi connectivity index (χ1n) is 7.38. The van der Waals surface area contributed by atoms with Gasteiger partial charge in [-0.2, -0.15) is 0 Å². The van der Waals surface area contributed by atoms with Gasteiger partial charge in [-0.05, 0) is 19.9 Å². The van der Waals surface area contributed by atoms with E-state index in [1.165, 1.54) is 29.5 Å². The lowest BCUT2D eigenvalue weighted by atomic mass is 10.2. The van der Waals surface area contributed by atoms with E-state index in [9.17, 15) is 14.9 Å². The van der Waals surface area contributed by atoms with E-state index in [-0.39, 0.29) is 22.4 Å². The minimum atomic E-state index is -0.549. The van der Waals surface area contributed by atoms with Crippen molar-refractivity contribution in [3.8, 4) is 10.8 Å². The Morgan fingerprint density at radius 3 is 2.81 bits per heavy atom. The third kappa shape index (κ3) is 4.06. The average molecular weight is 391 g/mol. The predicted molar refractivity (Wildman–Crippen MR) is 97.3 cm³/mol. The number of para-hydroxylation sites is 2. The smallest absolute Gasteiger partial charge is 0.292 e. The average Bonchev–Trinajstić information content (AvgIpc) is 3.19. The highest BCUT2D eigenvalue weighted by Crippen LogP contribution is 2.30. The molecule has 3 aromatic rings. The maximum absolute atomic E-state index is 12.0. The molecule has 0 aliphatic rings. The van der Waals surface area contributed by atoms with Gasteiger partial charge >= 0.3 is 0 Å². The highest BCUT2D eigenvalue weighted by molar-refractivity contribution is 7.99. The van der Waals surface area contributed by atoms with Crippen LogP contribution in [0.25, 0.3) is 10.8 Å². The summed E-state index contributed by atoms with van der Waals surface area (Å²) in [4.78, 5) is 27.6. The van der Waals surface area contributed by atoms with Crippen LogP contribution in [0.3, 0.4) is 0 Å². The number of aromatic nitrogens is 3. The van der Waals surface area contributed by atoms with Gasteiger partial charge in [-0.25, -0.2) is 4.98 Å². The van der Waals surface area contributed by atoms with Crippen molar-refractivity contribution in [2.75, 3.05) is 11.1 Å². The van der Waals surface area contributed by atoms with Gasteiger partial charge in [-0.3, -0.25) is 14.9 Å². The van der Waals surface area contributed by atoms with Crippen molar-refractivity contribution in [3.63, 3.8) is 0 Å². The summed E-state index contributed by atoms with van der Waals surface area (Å²) in [5, 5.41) is 22.5. The number of nitrogens with zero attached hydrogens (tertiary/aromatic N) is 4. The Bertz CT molecular complexity index is 969. The molecule has 9 nitrogen and oxygen atoms in total. The number of amides is 1. The summed E-state index contributed by atoms with van der Waals surface area (Å²) in [5.41, 5.74) is 0.786. The number of hydrogen-bond acceptors (Lipinski definition) is 9. The fourth-order valence-electron chi connectivity index (χ4n) is 2.14. The van der Waals surface area contributed by atoms with Crippen molar-refractivity contribution in [1.82, 2.24) is 15.2 Å². The number of thioether (sulfide) groups is 1. The Morgan fingerprint density at radius 2 is 2.12 bits per heavy atom. The van der Waals surface area contributed by atoms with Gasteiger partial charge in [-0.1, -0.05) is 23.9 Å². The number of nitro benzene ring substituents is 1. The second-order valence-corrected chi connectivity index (χ2v) is 7.26. The van der Waals surface area contributed by atoms with E-state index in [1.54, 1.807) is 6.07 Å². The summed E-state index contributed by atoms with van der Waals surface area (Å²) < 4.78 is 5.55. The number of carbonyl (C=O) groups excluding carboxylic acids is 1. The molecular formula is C15H13N5O4S2. The molecule has 1 aromatic carbocycles. The Kier molecular flexibility index (Phi) is 5.28. The molecule has 0 fully saturated rings. The van der Waals surface area contributed by atoms with Crippen molar-refractivity contribution in [1.29, 1.82) is 0 Å². The summed E-state index contributed by atoms with van der Waals surface area (Å²) >= 11 is 2.50. The molecule has 0 radical (unpaired) electrons. The number of aryl methyl sites for hydroxylation is 2. The molecule has 11 heteroatoms. The van der Waals surface area contributed by atoms with E-state index in [1.807, 2.05) is 13.8 Å². The van der Waals surface area contributed by atoms with Crippen molar-refractivity contribution >= 4 is 40.4 Å². The molecule has 134 valence electrons. The normalized spacial score (nSPS) is 10.7. The Labute approximate surface area is 156 Å². The largest absolute Gasteiger partial charge is 0.410 e. The van der Waals surface area contributed by atoms with Gasteiger partial charge in [0.2, 0.25) is 5.91 Å². The van der Waals surface area contributed by atoms with Crippen molar-refractivity contribution in [3.05, 3.63) is 45.1 Å². The van der Waals surface area contributed by atoms with Crippen LogP contribution < -0.4 is 5.32 Å². The monoisotopic (exact) mass is 391 g/mol. The lowest BCUT2D eigenvalue weighted by molar-refractivity contribution is -0.383. The van der Waals surface area contributed by atoms with E-state index in [0.717, 1.165) is 27.3 Å². The molecule has 0 aliphatic heterocycles. The summed E-state index contributed by atoms with van der Waals surface area (Å²) in [6, 6.07) is 5.94. The number of anilines is 1.